The molecule has 3 rings (SSSR count). The number of hydrogen-bond acceptors (Lipinski definition) is 4. The van der Waals surface area contributed by atoms with Crippen molar-refractivity contribution in [1.29, 1.82) is 0 Å². The van der Waals surface area contributed by atoms with E-state index >= 15 is 0 Å². The van der Waals surface area contributed by atoms with Crippen molar-refractivity contribution in [2.75, 3.05) is 6.54 Å². The molecule has 0 radical (unpaired) electrons. The minimum Gasteiger partial charge on any atom is -0.480 e. The summed E-state index contributed by atoms with van der Waals surface area (Å²) in [6.07, 6.45) is -0.879. The lowest BCUT2D eigenvalue weighted by Crippen LogP contribution is -2.48. The predicted molar refractivity (Wildman–Crippen MR) is 115 cm³/mol. The summed E-state index contributed by atoms with van der Waals surface area (Å²) in [4.78, 5) is 35.8. The van der Waals surface area contributed by atoms with Gasteiger partial charge in [0.1, 0.15) is 12.6 Å². The van der Waals surface area contributed by atoms with Crippen LogP contribution in [0.4, 0.5) is 4.79 Å². The van der Waals surface area contributed by atoms with Crippen LogP contribution >= 0.6 is 15.9 Å². The molecule has 0 aliphatic carbocycles. The molecule has 154 valence electrons. The third-order valence-electron chi connectivity index (χ3n) is 4.36. The zero-order valence-electron chi connectivity index (χ0n) is 15.8. The number of nitrogens with one attached hydrogen (secondary N) is 2. The van der Waals surface area contributed by atoms with Crippen molar-refractivity contribution in [2.45, 2.75) is 12.6 Å². The number of ether oxygens (including phenoxy) is 1. The van der Waals surface area contributed by atoms with E-state index in [-0.39, 0.29) is 13.2 Å². The first kappa shape index (κ1) is 21.3. The van der Waals surface area contributed by atoms with Crippen LogP contribution in [-0.2, 0) is 16.1 Å². The van der Waals surface area contributed by atoms with Crippen LogP contribution in [0.1, 0.15) is 15.9 Å². The Kier molecular flexibility index (Phi) is 7.03. The van der Waals surface area contributed by atoms with Gasteiger partial charge in [0, 0.05) is 16.6 Å². The van der Waals surface area contributed by atoms with Gasteiger partial charge in [-0.3, -0.25) is 4.79 Å². The zero-order chi connectivity index (χ0) is 21.5. The molecule has 0 aromatic heterocycles. The van der Waals surface area contributed by atoms with Crippen molar-refractivity contribution >= 4 is 44.7 Å². The normalized spacial score (nSPS) is 11.5. The second kappa shape index (κ2) is 9.89. The fourth-order valence-corrected chi connectivity index (χ4v) is 3.30. The van der Waals surface area contributed by atoms with Crippen LogP contribution in [0.3, 0.4) is 0 Å². The molecule has 0 aliphatic rings. The van der Waals surface area contributed by atoms with Gasteiger partial charge in [-0.25, -0.2) is 9.59 Å². The van der Waals surface area contributed by atoms with Crippen molar-refractivity contribution in [1.82, 2.24) is 10.6 Å². The molecule has 0 saturated heterocycles. The molecule has 2 amide bonds. The Bertz CT molecular complexity index is 1070. The van der Waals surface area contributed by atoms with Gasteiger partial charge in [0.2, 0.25) is 0 Å². The molecule has 0 saturated carbocycles. The number of carboxylic acids is 1. The fraction of sp³-hybridized carbons (Fsp3) is 0.136. The van der Waals surface area contributed by atoms with E-state index < -0.39 is 24.0 Å². The molecule has 1 unspecified atom stereocenters. The molecule has 0 heterocycles. The highest BCUT2D eigenvalue weighted by Gasteiger charge is 2.22. The molecular weight excluding hydrogens is 452 g/mol. The number of hydrogen-bond donors (Lipinski definition) is 3. The summed E-state index contributed by atoms with van der Waals surface area (Å²) in [6, 6.07) is 18.5. The Morgan fingerprint density at radius 3 is 2.50 bits per heavy atom. The van der Waals surface area contributed by atoms with Gasteiger partial charge in [0.15, 0.2) is 0 Å². The molecule has 3 aromatic carbocycles. The Morgan fingerprint density at radius 2 is 1.77 bits per heavy atom. The number of aliphatic carboxylic acids is 1. The van der Waals surface area contributed by atoms with Gasteiger partial charge in [0.25, 0.3) is 5.91 Å². The highest BCUT2D eigenvalue weighted by molar-refractivity contribution is 9.10. The Morgan fingerprint density at radius 1 is 1.00 bits per heavy atom. The number of carbonyl (C=O) groups is 3. The van der Waals surface area contributed by atoms with E-state index in [4.69, 9.17) is 4.74 Å². The van der Waals surface area contributed by atoms with Gasteiger partial charge in [-0.05, 0) is 34.5 Å². The first-order chi connectivity index (χ1) is 14.4. The molecule has 8 heteroatoms. The molecule has 1 atom stereocenters. The summed E-state index contributed by atoms with van der Waals surface area (Å²) in [7, 11) is 0. The SMILES string of the molecule is O=C(NC(CNC(=O)c1ccc2c(Br)cccc2c1)C(=O)O)OCc1ccccc1. The quantitative estimate of drug-likeness (QED) is 0.488. The van der Waals surface area contributed by atoms with Gasteiger partial charge in [-0.15, -0.1) is 0 Å². The molecule has 0 aliphatic heterocycles. The van der Waals surface area contributed by atoms with Crippen LogP contribution in [0.5, 0.6) is 0 Å². The van der Waals surface area contributed by atoms with E-state index in [0.717, 1.165) is 20.8 Å². The zero-order valence-corrected chi connectivity index (χ0v) is 17.4. The smallest absolute Gasteiger partial charge is 0.408 e. The lowest BCUT2D eigenvalue weighted by molar-refractivity contribution is -0.139. The van der Waals surface area contributed by atoms with E-state index in [9.17, 15) is 19.5 Å². The second-order valence-electron chi connectivity index (χ2n) is 6.48. The van der Waals surface area contributed by atoms with E-state index in [0.29, 0.717) is 5.56 Å². The monoisotopic (exact) mass is 470 g/mol. The summed E-state index contributed by atoms with van der Waals surface area (Å²) in [6.45, 7) is -0.275. The van der Waals surface area contributed by atoms with Crippen LogP contribution in [0, 0.1) is 0 Å². The van der Waals surface area contributed by atoms with Crippen LogP contribution in [0.2, 0.25) is 0 Å². The lowest BCUT2D eigenvalue weighted by atomic mass is 10.1. The van der Waals surface area contributed by atoms with Crippen molar-refractivity contribution < 1.29 is 24.2 Å². The fourth-order valence-electron chi connectivity index (χ4n) is 2.79. The Balaban J connectivity index is 1.56. The van der Waals surface area contributed by atoms with E-state index in [1.54, 1.807) is 36.4 Å². The summed E-state index contributed by atoms with van der Waals surface area (Å²) in [5.74, 6) is -1.73. The van der Waals surface area contributed by atoms with Gasteiger partial charge in [0.05, 0.1) is 0 Å². The summed E-state index contributed by atoms with van der Waals surface area (Å²) in [5, 5.41) is 16.0. The second-order valence-corrected chi connectivity index (χ2v) is 7.34. The van der Waals surface area contributed by atoms with E-state index in [1.165, 1.54) is 0 Å². The van der Waals surface area contributed by atoms with Crippen LogP contribution in [-0.4, -0.2) is 35.7 Å². The maximum atomic E-state index is 12.4. The topological polar surface area (TPSA) is 105 Å². The molecule has 7 nitrogen and oxygen atoms in total. The maximum absolute atomic E-state index is 12.4. The molecule has 3 N–H and O–H groups in total. The number of amides is 2. The highest BCUT2D eigenvalue weighted by atomic mass is 79.9. The Hall–Kier alpha value is -3.39. The minimum atomic E-state index is -1.33. The number of benzene rings is 3. The standard InChI is InChI=1S/C22H19BrN2O5/c23-18-8-4-7-15-11-16(9-10-17(15)18)20(26)24-12-19(21(27)28)25-22(29)30-13-14-5-2-1-3-6-14/h1-11,19H,12-13H2,(H,24,26)(H,25,29)(H,27,28). The summed E-state index contributed by atoms with van der Waals surface area (Å²) in [5.41, 5.74) is 1.16. The lowest BCUT2D eigenvalue weighted by Gasteiger charge is -2.15. The van der Waals surface area contributed by atoms with E-state index in [2.05, 4.69) is 26.6 Å². The summed E-state index contributed by atoms with van der Waals surface area (Å²) >= 11 is 3.46. The highest BCUT2D eigenvalue weighted by Crippen LogP contribution is 2.24. The van der Waals surface area contributed by atoms with Crippen LogP contribution < -0.4 is 10.6 Å². The van der Waals surface area contributed by atoms with Crippen molar-refractivity contribution in [3.05, 3.63) is 82.3 Å². The van der Waals surface area contributed by atoms with Crippen molar-refractivity contribution in [3.8, 4) is 0 Å². The van der Waals surface area contributed by atoms with Crippen LogP contribution in [0.15, 0.2) is 71.2 Å². The maximum Gasteiger partial charge on any atom is 0.408 e. The first-order valence-corrected chi connectivity index (χ1v) is 9.90. The number of halogens is 1. The minimum absolute atomic E-state index is 0.0119. The van der Waals surface area contributed by atoms with Crippen molar-refractivity contribution in [3.63, 3.8) is 0 Å². The Labute approximate surface area is 181 Å². The van der Waals surface area contributed by atoms with Gasteiger partial charge >= 0.3 is 12.1 Å². The molecule has 0 fully saturated rings. The average Bonchev–Trinajstić information content (AvgIpc) is 2.75. The molecule has 3 aromatic rings. The molecular formula is C22H19BrN2O5. The third-order valence-corrected chi connectivity index (χ3v) is 5.05. The first-order valence-electron chi connectivity index (χ1n) is 9.10. The van der Waals surface area contributed by atoms with Crippen molar-refractivity contribution in [2.24, 2.45) is 0 Å². The third kappa shape index (κ3) is 5.57. The number of rotatable bonds is 7. The predicted octanol–water partition coefficient (Wildman–Crippen LogP) is 3.71. The number of alkyl carbamates (subject to hydrolysis) is 1. The average molecular weight is 471 g/mol. The molecule has 0 bridgehead atoms. The van der Waals surface area contributed by atoms with Gasteiger partial charge < -0.3 is 20.5 Å². The summed E-state index contributed by atoms with van der Waals surface area (Å²) < 4.78 is 5.94. The molecule has 0 spiro atoms. The largest absolute Gasteiger partial charge is 0.480 e. The van der Waals surface area contributed by atoms with Gasteiger partial charge in [-0.1, -0.05) is 64.5 Å². The number of carboxylic acid groups (broad SMARTS) is 1. The number of fused-ring (bicyclic) bond motifs is 1. The van der Waals surface area contributed by atoms with E-state index in [1.807, 2.05) is 30.3 Å². The van der Waals surface area contributed by atoms with Gasteiger partial charge in [-0.2, -0.15) is 0 Å². The number of carbonyl (C=O) groups excluding carboxylic acids is 2. The molecule has 30 heavy (non-hydrogen) atoms. The van der Waals surface area contributed by atoms with Crippen LogP contribution in [0.25, 0.3) is 10.8 Å².